The normalized spacial score (nSPS) is 10.9. The van der Waals surface area contributed by atoms with Crippen LogP contribution in [-0.4, -0.2) is 18.1 Å². The molecular weight excluding hydrogens is 212 g/mol. The van der Waals surface area contributed by atoms with Crippen LogP contribution in [0.5, 0.6) is 5.88 Å². The van der Waals surface area contributed by atoms with Crippen molar-refractivity contribution in [2.24, 2.45) is 5.92 Å². The minimum atomic E-state index is 0.668. The second kappa shape index (κ2) is 7.28. The smallest absolute Gasteiger partial charge is 0.213 e. The predicted molar refractivity (Wildman–Crippen MR) is 71.3 cm³/mol. The SMILES string of the molecule is CCNCc1cc(C)nc(OCCC(C)C)c1. The highest BCUT2D eigenvalue weighted by molar-refractivity contribution is 5.24. The fourth-order valence-corrected chi connectivity index (χ4v) is 1.55. The lowest BCUT2D eigenvalue weighted by Gasteiger charge is -2.10. The number of hydrogen-bond donors (Lipinski definition) is 1. The summed E-state index contributed by atoms with van der Waals surface area (Å²) in [7, 11) is 0. The van der Waals surface area contributed by atoms with Crippen LogP contribution in [0.25, 0.3) is 0 Å². The highest BCUT2D eigenvalue weighted by Gasteiger charge is 2.02. The minimum absolute atomic E-state index is 0.668. The van der Waals surface area contributed by atoms with Crippen molar-refractivity contribution < 1.29 is 4.74 Å². The van der Waals surface area contributed by atoms with Crippen LogP contribution < -0.4 is 10.1 Å². The lowest BCUT2D eigenvalue weighted by Crippen LogP contribution is -2.12. The van der Waals surface area contributed by atoms with Gasteiger partial charge >= 0.3 is 0 Å². The molecule has 0 bridgehead atoms. The second-order valence-electron chi connectivity index (χ2n) is 4.77. The number of pyridine rings is 1. The van der Waals surface area contributed by atoms with Crippen molar-refractivity contribution in [2.45, 2.75) is 40.7 Å². The van der Waals surface area contributed by atoms with Crippen molar-refractivity contribution in [3.63, 3.8) is 0 Å². The number of rotatable bonds is 7. The third kappa shape index (κ3) is 5.68. The van der Waals surface area contributed by atoms with Crippen molar-refractivity contribution in [3.05, 3.63) is 23.4 Å². The lowest BCUT2D eigenvalue weighted by atomic mass is 10.1. The van der Waals surface area contributed by atoms with Crippen LogP contribution in [0.1, 0.15) is 38.4 Å². The van der Waals surface area contributed by atoms with E-state index in [2.05, 4.69) is 37.1 Å². The zero-order valence-electron chi connectivity index (χ0n) is 11.4. The van der Waals surface area contributed by atoms with Gasteiger partial charge in [0.1, 0.15) is 0 Å². The lowest BCUT2D eigenvalue weighted by molar-refractivity contribution is 0.278. The maximum absolute atomic E-state index is 5.68. The average Bonchev–Trinajstić information content (AvgIpc) is 2.25. The van der Waals surface area contributed by atoms with E-state index in [0.29, 0.717) is 5.92 Å². The van der Waals surface area contributed by atoms with Gasteiger partial charge in [-0.2, -0.15) is 0 Å². The monoisotopic (exact) mass is 236 g/mol. The van der Waals surface area contributed by atoms with Gasteiger partial charge in [-0.3, -0.25) is 0 Å². The molecule has 17 heavy (non-hydrogen) atoms. The van der Waals surface area contributed by atoms with E-state index in [9.17, 15) is 0 Å². The van der Waals surface area contributed by atoms with Crippen LogP contribution in [0.3, 0.4) is 0 Å². The average molecular weight is 236 g/mol. The van der Waals surface area contributed by atoms with Crippen LogP contribution in [0.4, 0.5) is 0 Å². The van der Waals surface area contributed by atoms with E-state index in [-0.39, 0.29) is 0 Å². The van der Waals surface area contributed by atoms with Crippen LogP contribution in [0.2, 0.25) is 0 Å². The molecule has 0 saturated carbocycles. The molecule has 96 valence electrons. The fourth-order valence-electron chi connectivity index (χ4n) is 1.55. The van der Waals surface area contributed by atoms with Crippen LogP contribution in [0, 0.1) is 12.8 Å². The molecule has 0 aliphatic carbocycles. The summed E-state index contributed by atoms with van der Waals surface area (Å²) in [6.07, 6.45) is 1.07. The van der Waals surface area contributed by atoms with E-state index >= 15 is 0 Å². The van der Waals surface area contributed by atoms with Gasteiger partial charge in [-0.15, -0.1) is 0 Å². The van der Waals surface area contributed by atoms with Gasteiger partial charge in [0, 0.05) is 18.3 Å². The van der Waals surface area contributed by atoms with E-state index in [1.807, 2.05) is 13.0 Å². The third-order valence-corrected chi connectivity index (χ3v) is 2.51. The molecule has 0 spiro atoms. The quantitative estimate of drug-likeness (QED) is 0.790. The Hall–Kier alpha value is -1.09. The molecule has 3 heteroatoms. The minimum Gasteiger partial charge on any atom is -0.478 e. The second-order valence-corrected chi connectivity index (χ2v) is 4.77. The Morgan fingerprint density at radius 2 is 2.12 bits per heavy atom. The van der Waals surface area contributed by atoms with Gasteiger partial charge in [-0.1, -0.05) is 20.8 Å². The van der Waals surface area contributed by atoms with Gasteiger partial charge < -0.3 is 10.1 Å². The van der Waals surface area contributed by atoms with Crippen LogP contribution >= 0.6 is 0 Å². The summed E-state index contributed by atoms with van der Waals surface area (Å²) in [6.45, 7) is 11.1. The Morgan fingerprint density at radius 3 is 2.76 bits per heavy atom. The molecule has 0 saturated heterocycles. The van der Waals surface area contributed by atoms with E-state index in [0.717, 1.165) is 37.7 Å². The summed E-state index contributed by atoms with van der Waals surface area (Å²) in [5, 5.41) is 3.31. The van der Waals surface area contributed by atoms with E-state index in [4.69, 9.17) is 4.74 Å². The highest BCUT2D eigenvalue weighted by atomic mass is 16.5. The van der Waals surface area contributed by atoms with E-state index in [1.165, 1.54) is 5.56 Å². The summed E-state index contributed by atoms with van der Waals surface area (Å²) in [5.41, 5.74) is 2.25. The predicted octanol–water partition coefficient (Wildman–Crippen LogP) is 2.92. The Labute approximate surface area is 105 Å². The summed E-state index contributed by atoms with van der Waals surface area (Å²) in [5.74, 6) is 1.42. The number of ether oxygens (including phenoxy) is 1. The zero-order chi connectivity index (χ0) is 12.7. The first kappa shape index (κ1) is 14.0. The van der Waals surface area contributed by atoms with Gasteiger partial charge in [0.15, 0.2) is 0 Å². The van der Waals surface area contributed by atoms with Gasteiger partial charge in [0.25, 0.3) is 0 Å². The Morgan fingerprint density at radius 1 is 1.35 bits per heavy atom. The molecule has 0 atom stereocenters. The summed E-state index contributed by atoms with van der Waals surface area (Å²) in [6, 6.07) is 4.12. The largest absolute Gasteiger partial charge is 0.478 e. The molecule has 0 radical (unpaired) electrons. The molecule has 0 aromatic carbocycles. The standard InChI is InChI=1S/C14H24N2O/c1-5-15-10-13-8-12(4)16-14(9-13)17-7-6-11(2)3/h8-9,11,15H,5-7,10H2,1-4H3. The molecule has 0 amide bonds. The fraction of sp³-hybridized carbons (Fsp3) is 0.643. The molecule has 3 nitrogen and oxygen atoms in total. The van der Waals surface area contributed by atoms with Crippen molar-refractivity contribution in [2.75, 3.05) is 13.2 Å². The van der Waals surface area contributed by atoms with Gasteiger partial charge in [-0.25, -0.2) is 4.98 Å². The Balaban J connectivity index is 2.55. The molecule has 1 heterocycles. The van der Waals surface area contributed by atoms with Crippen molar-refractivity contribution in [3.8, 4) is 5.88 Å². The molecule has 0 unspecified atom stereocenters. The van der Waals surface area contributed by atoms with E-state index in [1.54, 1.807) is 0 Å². The van der Waals surface area contributed by atoms with Crippen molar-refractivity contribution in [1.29, 1.82) is 0 Å². The molecule has 0 aliphatic rings. The zero-order valence-corrected chi connectivity index (χ0v) is 11.4. The first-order valence-corrected chi connectivity index (χ1v) is 6.43. The first-order chi connectivity index (χ1) is 8.11. The highest BCUT2D eigenvalue weighted by Crippen LogP contribution is 2.13. The number of aryl methyl sites for hydroxylation is 1. The molecule has 1 N–H and O–H groups in total. The molecular formula is C14H24N2O. The Bertz CT molecular complexity index is 337. The number of nitrogens with one attached hydrogen (secondary N) is 1. The summed E-state index contributed by atoms with van der Waals surface area (Å²) >= 11 is 0. The molecule has 0 fully saturated rings. The molecule has 1 rings (SSSR count). The molecule has 1 aromatic rings. The number of aromatic nitrogens is 1. The van der Waals surface area contributed by atoms with E-state index < -0.39 is 0 Å². The maximum atomic E-state index is 5.68. The third-order valence-electron chi connectivity index (χ3n) is 2.51. The Kier molecular flexibility index (Phi) is 5.98. The van der Waals surface area contributed by atoms with Crippen molar-refractivity contribution in [1.82, 2.24) is 10.3 Å². The van der Waals surface area contributed by atoms with Gasteiger partial charge in [0.2, 0.25) is 5.88 Å². The summed E-state index contributed by atoms with van der Waals surface area (Å²) < 4.78 is 5.68. The van der Waals surface area contributed by atoms with Crippen LogP contribution in [-0.2, 0) is 6.54 Å². The van der Waals surface area contributed by atoms with Crippen molar-refractivity contribution >= 4 is 0 Å². The van der Waals surface area contributed by atoms with Gasteiger partial charge in [0.05, 0.1) is 6.61 Å². The van der Waals surface area contributed by atoms with Gasteiger partial charge in [-0.05, 0) is 37.4 Å². The number of hydrogen-bond acceptors (Lipinski definition) is 3. The maximum Gasteiger partial charge on any atom is 0.213 e. The topological polar surface area (TPSA) is 34.2 Å². The summed E-state index contributed by atoms with van der Waals surface area (Å²) in [4.78, 5) is 4.39. The number of nitrogens with zero attached hydrogens (tertiary/aromatic N) is 1. The molecule has 0 aliphatic heterocycles. The van der Waals surface area contributed by atoms with Crippen LogP contribution in [0.15, 0.2) is 12.1 Å². The molecule has 1 aromatic heterocycles. The first-order valence-electron chi connectivity index (χ1n) is 6.43.